The first-order chi connectivity index (χ1) is 18.8. The van der Waals surface area contributed by atoms with Crippen molar-refractivity contribution in [1.29, 1.82) is 0 Å². The summed E-state index contributed by atoms with van der Waals surface area (Å²) in [5, 5.41) is -0.534. The molecule has 2 aromatic heterocycles. The number of hydrogen-bond donors (Lipinski definition) is 1. The van der Waals surface area contributed by atoms with Crippen LogP contribution in [-0.2, 0) is 21.9 Å². The number of halogens is 6. The van der Waals surface area contributed by atoms with Gasteiger partial charge in [0.2, 0.25) is 11.4 Å². The number of ether oxygens (including phenoxy) is 1. The molecule has 0 amide bonds. The molecule has 0 radical (unpaired) electrons. The highest BCUT2D eigenvalue weighted by Gasteiger charge is 2.44. The van der Waals surface area contributed by atoms with Crippen molar-refractivity contribution in [2.45, 2.75) is 25.2 Å². The molecular formula is C26H17F6N3O5. The molecule has 2 N–H and O–H groups in total. The highest BCUT2D eigenvalue weighted by Crippen LogP contribution is 2.44. The van der Waals surface area contributed by atoms with Crippen molar-refractivity contribution in [2.75, 3.05) is 12.3 Å². The van der Waals surface area contributed by atoms with Gasteiger partial charge in [-0.25, -0.2) is 14.2 Å². The van der Waals surface area contributed by atoms with E-state index in [0.717, 1.165) is 47.0 Å². The van der Waals surface area contributed by atoms with Gasteiger partial charge in [0.1, 0.15) is 16.6 Å². The quantitative estimate of drug-likeness (QED) is 0.297. The number of nitrogens with two attached hydrogens (primary N) is 1. The van der Waals surface area contributed by atoms with Gasteiger partial charge in [-0.15, -0.1) is 0 Å². The third kappa shape index (κ3) is 4.44. The Hall–Kier alpha value is -4.75. The number of benzene rings is 2. The Bertz CT molecular complexity index is 1810. The van der Waals surface area contributed by atoms with Gasteiger partial charge < -0.3 is 19.3 Å². The molecule has 0 fully saturated rings. The van der Waals surface area contributed by atoms with Crippen molar-refractivity contribution in [3.05, 3.63) is 97.8 Å². The molecule has 0 aliphatic carbocycles. The molecule has 14 heteroatoms. The van der Waals surface area contributed by atoms with Gasteiger partial charge in [-0.3, -0.25) is 0 Å². The molecule has 1 atom stereocenters. The standard InChI is InChI=1S/C26H17F6N3O5/c1-2-38-23(37)18-17(13-8-4-6-10-15(13)26(30,31)32)19-21(40-24(33)34-19)35-16(22(36)39-20(18)35)11-12-7-3-5-9-14(12)25(27,28)29/h3-11,17H,2H2,1H3,(H2,33,34)/b16-11+/t17-/m0/s1. The Kier molecular flexibility index (Phi) is 6.35. The lowest BCUT2D eigenvalue weighted by Crippen LogP contribution is -2.38. The van der Waals surface area contributed by atoms with E-state index in [2.05, 4.69) is 4.98 Å². The van der Waals surface area contributed by atoms with Crippen LogP contribution in [0.2, 0.25) is 0 Å². The second kappa shape index (κ2) is 9.47. The van der Waals surface area contributed by atoms with Crippen LogP contribution in [0.15, 0.2) is 62.2 Å². The van der Waals surface area contributed by atoms with E-state index in [1.165, 1.54) is 19.1 Å². The van der Waals surface area contributed by atoms with Crippen molar-refractivity contribution < 1.29 is 44.7 Å². The molecule has 0 spiro atoms. The monoisotopic (exact) mass is 565 g/mol. The number of nitrogens with zero attached hydrogens (tertiary/aromatic N) is 2. The Morgan fingerprint density at radius 2 is 1.65 bits per heavy atom. The van der Waals surface area contributed by atoms with Crippen molar-refractivity contribution in [2.24, 2.45) is 0 Å². The molecule has 208 valence electrons. The van der Waals surface area contributed by atoms with Gasteiger partial charge >= 0.3 is 23.9 Å². The van der Waals surface area contributed by atoms with Crippen molar-refractivity contribution in [3.8, 4) is 5.88 Å². The average Bonchev–Trinajstić information content (AvgIpc) is 3.41. The zero-order chi connectivity index (χ0) is 29.0. The lowest BCUT2D eigenvalue weighted by atomic mass is 9.84. The van der Waals surface area contributed by atoms with Crippen molar-refractivity contribution in [3.63, 3.8) is 0 Å². The van der Waals surface area contributed by atoms with E-state index in [-0.39, 0.29) is 12.3 Å². The minimum Gasteiger partial charge on any atom is -0.462 e. The fourth-order valence-corrected chi connectivity index (χ4v) is 4.59. The van der Waals surface area contributed by atoms with Crippen LogP contribution in [0.4, 0.5) is 32.4 Å². The van der Waals surface area contributed by atoms with E-state index in [0.29, 0.717) is 0 Å². The summed E-state index contributed by atoms with van der Waals surface area (Å²) in [6.45, 7) is 1.24. The number of hydrogen-bond acceptors (Lipinski definition) is 7. The Balaban J connectivity index is 1.94. The maximum absolute atomic E-state index is 14.0. The first kappa shape index (κ1) is 26.8. The predicted molar refractivity (Wildman–Crippen MR) is 126 cm³/mol. The van der Waals surface area contributed by atoms with Crippen LogP contribution in [0.3, 0.4) is 0 Å². The average molecular weight is 565 g/mol. The normalized spacial score (nSPS) is 15.6. The third-order valence-corrected chi connectivity index (χ3v) is 6.12. The summed E-state index contributed by atoms with van der Waals surface area (Å²) in [4.78, 5) is 30.3. The molecule has 0 unspecified atom stereocenters. The number of fused-ring (bicyclic) bond motifs is 3. The number of carbonyl (C=O) groups excluding carboxylic acids is 1. The molecule has 8 nitrogen and oxygen atoms in total. The molecule has 0 saturated heterocycles. The van der Waals surface area contributed by atoms with Crippen LogP contribution in [-0.4, -0.2) is 22.1 Å². The zero-order valence-corrected chi connectivity index (χ0v) is 20.3. The Morgan fingerprint density at radius 1 is 1.02 bits per heavy atom. The third-order valence-electron chi connectivity index (χ3n) is 6.12. The van der Waals surface area contributed by atoms with Crippen molar-refractivity contribution in [1.82, 2.24) is 9.55 Å². The Morgan fingerprint density at radius 3 is 2.30 bits per heavy atom. The second-order valence-electron chi connectivity index (χ2n) is 8.54. The summed E-state index contributed by atoms with van der Waals surface area (Å²) in [5.41, 5.74) is -0.0188. The van der Waals surface area contributed by atoms with Gasteiger partial charge in [-0.1, -0.05) is 36.4 Å². The van der Waals surface area contributed by atoms with Gasteiger partial charge in [0, 0.05) is 0 Å². The minimum atomic E-state index is -4.87. The van der Waals surface area contributed by atoms with E-state index < -0.39 is 80.5 Å². The smallest absolute Gasteiger partial charge is 0.416 e. The summed E-state index contributed by atoms with van der Waals surface area (Å²) in [7, 11) is 0. The van der Waals surface area contributed by atoms with Crippen LogP contribution in [0.25, 0.3) is 17.5 Å². The first-order valence-electron chi connectivity index (χ1n) is 11.6. The second-order valence-corrected chi connectivity index (χ2v) is 8.54. The largest absolute Gasteiger partial charge is 0.462 e. The van der Waals surface area contributed by atoms with Crippen molar-refractivity contribution >= 4 is 23.6 Å². The number of anilines is 1. The number of aromatic nitrogens is 2. The molecule has 1 aliphatic rings. The van der Waals surface area contributed by atoms with Crippen LogP contribution in [0.1, 0.15) is 40.8 Å². The predicted octanol–water partition coefficient (Wildman–Crippen LogP) is 3.73. The summed E-state index contributed by atoms with van der Waals surface area (Å²) < 4.78 is 99.7. The number of rotatable bonds is 4. The molecule has 2 aromatic carbocycles. The van der Waals surface area contributed by atoms with E-state index in [1.54, 1.807) is 0 Å². The fourth-order valence-electron chi connectivity index (χ4n) is 4.59. The zero-order valence-electron chi connectivity index (χ0n) is 20.3. The van der Waals surface area contributed by atoms with Gasteiger partial charge in [0.15, 0.2) is 0 Å². The van der Waals surface area contributed by atoms with Gasteiger partial charge in [0.25, 0.3) is 6.01 Å². The number of oxazole rings is 2. The van der Waals surface area contributed by atoms with Crippen LogP contribution in [0, 0.1) is 0 Å². The molecular weight excluding hydrogens is 548 g/mol. The topological polar surface area (TPSA) is 113 Å². The molecule has 3 heterocycles. The number of carbonyl (C=O) groups is 1. The van der Waals surface area contributed by atoms with Gasteiger partial charge in [0.05, 0.1) is 23.7 Å². The number of nitrogen functional groups attached to an aromatic ring is 1. The van der Waals surface area contributed by atoms with E-state index in [4.69, 9.17) is 19.3 Å². The highest BCUT2D eigenvalue weighted by atomic mass is 19.4. The maximum Gasteiger partial charge on any atom is 0.416 e. The fraction of sp³-hybridized carbons (Fsp3) is 0.192. The minimum absolute atomic E-state index is 0.202. The number of alkyl halides is 6. The molecule has 0 bridgehead atoms. The van der Waals surface area contributed by atoms with E-state index in [1.807, 2.05) is 0 Å². The number of esters is 1. The van der Waals surface area contributed by atoms with Crippen LogP contribution < -0.4 is 22.3 Å². The van der Waals surface area contributed by atoms with Gasteiger partial charge in [-0.2, -0.15) is 31.3 Å². The van der Waals surface area contributed by atoms with Crippen LogP contribution in [0.5, 0.6) is 0 Å². The highest BCUT2D eigenvalue weighted by molar-refractivity contribution is 6.12. The molecule has 4 aromatic rings. The van der Waals surface area contributed by atoms with Crippen LogP contribution >= 0.6 is 0 Å². The summed E-state index contributed by atoms with van der Waals surface area (Å²) in [5.74, 6) is -3.20. The lowest BCUT2D eigenvalue weighted by Gasteiger charge is -2.24. The summed E-state index contributed by atoms with van der Waals surface area (Å²) in [6, 6.07) is 8.15. The first-order valence-corrected chi connectivity index (χ1v) is 11.6. The SMILES string of the molecule is CCOC(=O)C1=c2oc(=O)/c(=C\c3ccccc3C(F)(F)F)n2-c2oc(N)nc2[C@H]1c1ccccc1C(F)(F)F. The molecule has 0 saturated carbocycles. The Labute approximate surface area is 219 Å². The summed E-state index contributed by atoms with van der Waals surface area (Å²) in [6.07, 6.45) is -8.80. The van der Waals surface area contributed by atoms with E-state index >= 15 is 0 Å². The summed E-state index contributed by atoms with van der Waals surface area (Å²) >= 11 is 0. The van der Waals surface area contributed by atoms with E-state index in [9.17, 15) is 35.9 Å². The maximum atomic E-state index is 14.0. The van der Waals surface area contributed by atoms with Gasteiger partial charge in [-0.05, 0) is 36.3 Å². The molecule has 5 rings (SSSR count). The molecule has 1 aliphatic heterocycles. The molecule has 40 heavy (non-hydrogen) atoms. The lowest BCUT2D eigenvalue weighted by molar-refractivity contribution is -0.139.